The summed E-state index contributed by atoms with van der Waals surface area (Å²) in [7, 11) is 0. The standard InChI is InChI=1S/C22H19N3OS/c1-15-9-10-16(2)17(12-15)14-27-22-24-20-8-4-3-7-19(20)21(26)25(22)18-6-5-11-23-13-18/h3-13H,14H2,1-2H3. The normalized spacial score (nSPS) is 11.0. The molecule has 0 unspecified atom stereocenters. The average molecular weight is 373 g/mol. The first-order valence-corrected chi connectivity index (χ1v) is 9.73. The van der Waals surface area contributed by atoms with E-state index in [0.29, 0.717) is 16.1 Å². The van der Waals surface area contributed by atoms with Crippen LogP contribution in [0.1, 0.15) is 16.7 Å². The monoisotopic (exact) mass is 373 g/mol. The van der Waals surface area contributed by atoms with Crippen LogP contribution in [0, 0.1) is 13.8 Å². The molecule has 0 N–H and O–H groups in total. The van der Waals surface area contributed by atoms with Crippen LogP contribution in [-0.2, 0) is 5.75 Å². The van der Waals surface area contributed by atoms with Crippen molar-refractivity contribution < 1.29 is 0 Å². The number of thioether (sulfide) groups is 1. The van der Waals surface area contributed by atoms with Gasteiger partial charge in [-0.3, -0.25) is 14.3 Å². The second kappa shape index (κ2) is 7.37. The highest BCUT2D eigenvalue weighted by atomic mass is 32.2. The number of nitrogens with zero attached hydrogens (tertiary/aromatic N) is 3. The molecule has 0 fully saturated rings. The highest BCUT2D eigenvalue weighted by molar-refractivity contribution is 7.98. The Morgan fingerprint density at radius 1 is 1.04 bits per heavy atom. The lowest BCUT2D eigenvalue weighted by molar-refractivity contribution is 0.815. The number of rotatable bonds is 4. The van der Waals surface area contributed by atoms with Crippen molar-refractivity contribution in [3.05, 3.63) is 94.0 Å². The Bertz CT molecular complexity index is 1170. The molecule has 0 aliphatic carbocycles. The molecule has 134 valence electrons. The molecule has 2 aromatic carbocycles. The maximum atomic E-state index is 13.2. The Morgan fingerprint density at radius 2 is 1.89 bits per heavy atom. The molecular weight excluding hydrogens is 354 g/mol. The van der Waals surface area contributed by atoms with Crippen molar-refractivity contribution in [1.82, 2.24) is 14.5 Å². The van der Waals surface area contributed by atoms with Gasteiger partial charge in [0.1, 0.15) is 0 Å². The molecule has 0 bridgehead atoms. The van der Waals surface area contributed by atoms with Gasteiger partial charge in [0.25, 0.3) is 5.56 Å². The lowest BCUT2D eigenvalue weighted by atomic mass is 10.1. The molecule has 5 heteroatoms. The van der Waals surface area contributed by atoms with E-state index in [4.69, 9.17) is 4.98 Å². The van der Waals surface area contributed by atoms with Crippen LogP contribution in [0.5, 0.6) is 0 Å². The summed E-state index contributed by atoms with van der Waals surface area (Å²) in [6, 6.07) is 17.6. The second-order valence-corrected chi connectivity index (χ2v) is 7.42. The lowest BCUT2D eigenvalue weighted by Gasteiger charge is -2.13. The van der Waals surface area contributed by atoms with Gasteiger partial charge in [-0.1, -0.05) is 47.7 Å². The Balaban J connectivity index is 1.83. The summed E-state index contributed by atoms with van der Waals surface area (Å²) in [6.07, 6.45) is 3.39. The van der Waals surface area contributed by atoms with Crippen LogP contribution in [0.3, 0.4) is 0 Å². The summed E-state index contributed by atoms with van der Waals surface area (Å²) in [5.74, 6) is 0.749. The predicted octanol–water partition coefficient (Wildman–Crippen LogP) is 4.69. The molecule has 2 heterocycles. The minimum Gasteiger partial charge on any atom is -0.268 e. The summed E-state index contributed by atoms with van der Waals surface area (Å²) in [4.78, 5) is 22.1. The number of benzene rings is 2. The van der Waals surface area contributed by atoms with Crippen LogP contribution in [0.2, 0.25) is 0 Å². The van der Waals surface area contributed by atoms with Crippen molar-refractivity contribution >= 4 is 22.7 Å². The number of fused-ring (bicyclic) bond motifs is 1. The first-order valence-electron chi connectivity index (χ1n) is 8.74. The predicted molar refractivity (Wildman–Crippen MR) is 111 cm³/mol. The highest BCUT2D eigenvalue weighted by Crippen LogP contribution is 2.26. The van der Waals surface area contributed by atoms with Gasteiger partial charge in [0.05, 0.1) is 22.8 Å². The van der Waals surface area contributed by atoms with Gasteiger partial charge >= 0.3 is 0 Å². The van der Waals surface area contributed by atoms with Crippen LogP contribution in [0.25, 0.3) is 16.6 Å². The van der Waals surface area contributed by atoms with Gasteiger partial charge in [0.15, 0.2) is 5.16 Å². The third-order valence-corrected chi connectivity index (χ3v) is 5.50. The van der Waals surface area contributed by atoms with Gasteiger partial charge in [-0.05, 0) is 49.2 Å². The molecule has 4 nitrogen and oxygen atoms in total. The molecule has 0 saturated carbocycles. The summed E-state index contributed by atoms with van der Waals surface area (Å²) in [5.41, 5.74) is 5.09. The van der Waals surface area contributed by atoms with E-state index < -0.39 is 0 Å². The van der Waals surface area contributed by atoms with E-state index in [9.17, 15) is 4.79 Å². The SMILES string of the molecule is Cc1ccc(C)c(CSc2nc3ccccc3c(=O)n2-c2cccnc2)c1. The molecular formula is C22H19N3OS. The lowest BCUT2D eigenvalue weighted by Crippen LogP contribution is -2.21. The zero-order chi connectivity index (χ0) is 18.8. The van der Waals surface area contributed by atoms with Crippen molar-refractivity contribution in [3.63, 3.8) is 0 Å². The summed E-state index contributed by atoms with van der Waals surface area (Å²) in [5, 5.41) is 1.28. The molecule has 0 aliphatic rings. The molecule has 0 radical (unpaired) electrons. The summed E-state index contributed by atoms with van der Waals surface area (Å²) < 4.78 is 1.66. The molecule has 27 heavy (non-hydrogen) atoms. The maximum Gasteiger partial charge on any atom is 0.266 e. The molecule has 2 aromatic heterocycles. The molecule has 4 aromatic rings. The van der Waals surface area contributed by atoms with E-state index in [1.807, 2.05) is 36.4 Å². The van der Waals surface area contributed by atoms with Crippen molar-refractivity contribution in [2.24, 2.45) is 0 Å². The van der Waals surface area contributed by atoms with E-state index >= 15 is 0 Å². The third-order valence-electron chi connectivity index (χ3n) is 4.51. The number of aromatic nitrogens is 3. The van der Waals surface area contributed by atoms with E-state index in [1.165, 1.54) is 16.7 Å². The number of pyridine rings is 1. The van der Waals surface area contributed by atoms with E-state index in [2.05, 4.69) is 37.0 Å². The Hall–Kier alpha value is -2.92. The summed E-state index contributed by atoms with van der Waals surface area (Å²) in [6.45, 7) is 4.20. The van der Waals surface area contributed by atoms with Crippen molar-refractivity contribution in [3.8, 4) is 5.69 Å². The second-order valence-electron chi connectivity index (χ2n) is 6.48. The molecule has 0 saturated heterocycles. The van der Waals surface area contributed by atoms with Crippen molar-refractivity contribution in [2.75, 3.05) is 0 Å². The minimum atomic E-state index is -0.0722. The van der Waals surface area contributed by atoms with Crippen LogP contribution >= 0.6 is 11.8 Å². The van der Waals surface area contributed by atoms with Crippen LogP contribution in [0.15, 0.2) is 76.9 Å². The number of hydrogen-bond donors (Lipinski definition) is 0. The zero-order valence-electron chi connectivity index (χ0n) is 15.2. The third kappa shape index (κ3) is 3.51. The fraction of sp³-hybridized carbons (Fsp3) is 0.136. The van der Waals surface area contributed by atoms with Crippen molar-refractivity contribution in [2.45, 2.75) is 24.8 Å². The van der Waals surface area contributed by atoms with Crippen LogP contribution in [0.4, 0.5) is 0 Å². The molecule has 0 aliphatic heterocycles. The van der Waals surface area contributed by atoms with E-state index in [1.54, 1.807) is 28.7 Å². The summed E-state index contributed by atoms with van der Waals surface area (Å²) >= 11 is 1.57. The van der Waals surface area contributed by atoms with Gasteiger partial charge in [0.2, 0.25) is 0 Å². The quantitative estimate of drug-likeness (QED) is 0.385. The highest BCUT2D eigenvalue weighted by Gasteiger charge is 2.14. The number of hydrogen-bond acceptors (Lipinski definition) is 4. The van der Waals surface area contributed by atoms with E-state index in [0.717, 1.165) is 11.4 Å². The van der Waals surface area contributed by atoms with Gasteiger partial charge in [-0.2, -0.15) is 0 Å². The molecule has 0 amide bonds. The zero-order valence-corrected chi connectivity index (χ0v) is 16.0. The first kappa shape index (κ1) is 17.5. The average Bonchev–Trinajstić information content (AvgIpc) is 2.69. The topological polar surface area (TPSA) is 47.8 Å². The molecule has 0 atom stereocenters. The van der Waals surface area contributed by atoms with Crippen LogP contribution < -0.4 is 5.56 Å². The Kier molecular flexibility index (Phi) is 4.77. The van der Waals surface area contributed by atoms with Gasteiger partial charge in [-0.25, -0.2) is 4.98 Å². The largest absolute Gasteiger partial charge is 0.268 e. The van der Waals surface area contributed by atoms with Gasteiger partial charge in [0, 0.05) is 11.9 Å². The first-order chi connectivity index (χ1) is 13.1. The van der Waals surface area contributed by atoms with Gasteiger partial charge < -0.3 is 0 Å². The van der Waals surface area contributed by atoms with Gasteiger partial charge in [-0.15, -0.1) is 0 Å². The Morgan fingerprint density at radius 3 is 2.70 bits per heavy atom. The fourth-order valence-electron chi connectivity index (χ4n) is 3.02. The minimum absolute atomic E-state index is 0.0722. The maximum absolute atomic E-state index is 13.2. The Labute approximate surface area is 161 Å². The van der Waals surface area contributed by atoms with Crippen LogP contribution in [-0.4, -0.2) is 14.5 Å². The molecule has 4 rings (SSSR count). The van der Waals surface area contributed by atoms with E-state index in [-0.39, 0.29) is 5.56 Å². The number of para-hydroxylation sites is 1. The number of aryl methyl sites for hydroxylation is 2. The molecule has 0 spiro atoms. The smallest absolute Gasteiger partial charge is 0.266 e. The van der Waals surface area contributed by atoms with Crippen molar-refractivity contribution in [1.29, 1.82) is 0 Å². The fourth-order valence-corrected chi connectivity index (χ4v) is 4.10.